The number of rotatable bonds is 8. The summed E-state index contributed by atoms with van der Waals surface area (Å²) in [7, 11) is 0. The van der Waals surface area contributed by atoms with Crippen molar-refractivity contribution in [3.05, 3.63) is 96.3 Å². The molecule has 1 fully saturated rings. The van der Waals surface area contributed by atoms with Gasteiger partial charge in [0.15, 0.2) is 11.5 Å². The first-order valence-corrected chi connectivity index (χ1v) is 13.1. The van der Waals surface area contributed by atoms with E-state index in [0.29, 0.717) is 54.2 Å². The van der Waals surface area contributed by atoms with Crippen LogP contribution in [0.3, 0.4) is 0 Å². The molecule has 1 aliphatic heterocycles. The third-order valence-corrected chi connectivity index (χ3v) is 7.40. The average molecular weight is 583 g/mol. The van der Waals surface area contributed by atoms with Crippen molar-refractivity contribution in [2.24, 2.45) is 0 Å². The number of amides is 2. The third-order valence-electron chi connectivity index (χ3n) is 5.16. The van der Waals surface area contributed by atoms with Crippen molar-refractivity contribution in [3.63, 3.8) is 0 Å². The second-order valence-electron chi connectivity index (χ2n) is 7.68. The predicted molar refractivity (Wildman–Crippen MR) is 146 cm³/mol. The van der Waals surface area contributed by atoms with Crippen LogP contribution in [-0.2, 0) is 17.9 Å². The van der Waals surface area contributed by atoms with E-state index in [1.165, 1.54) is 4.90 Å². The lowest BCUT2D eigenvalue weighted by Gasteiger charge is -2.14. The molecule has 0 N–H and O–H groups in total. The van der Waals surface area contributed by atoms with Gasteiger partial charge in [0.1, 0.15) is 6.61 Å². The van der Waals surface area contributed by atoms with Crippen LogP contribution in [0.1, 0.15) is 23.6 Å². The molecule has 36 heavy (non-hydrogen) atoms. The van der Waals surface area contributed by atoms with Gasteiger partial charge in [-0.3, -0.25) is 14.5 Å². The molecular formula is C26H19Cl4NO4S. The normalized spacial score (nSPS) is 14.6. The zero-order chi connectivity index (χ0) is 25.8. The summed E-state index contributed by atoms with van der Waals surface area (Å²) < 4.78 is 11.7. The Morgan fingerprint density at radius 3 is 2.39 bits per heavy atom. The molecule has 1 heterocycles. The first-order chi connectivity index (χ1) is 17.2. The van der Waals surface area contributed by atoms with Crippen molar-refractivity contribution >= 4 is 75.4 Å². The van der Waals surface area contributed by atoms with Crippen LogP contribution in [0.15, 0.2) is 59.5 Å². The molecule has 4 rings (SSSR count). The highest BCUT2D eigenvalue weighted by Gasteiger charge is 2.35. The highest BCUT2D eigenvalue weighted by molar-refractivity contribution is 8.18. The zero-order valence-corrected chi connectivity index (χ0v) is 22.7. The second-order valence-corrected chi connectivity index (χ2v) is 10.3. The molecule has 0 aromatic heterocycles. The Bertz CT molecular complexity index is 1360. The lowest BCUT2D eigenvalue weighted by molar-refractivity contribution is -0.123. The van der Waals surface area contributed by atoms with Gasteiger partial charge in [-0.2, -0.15) is 0 Å². The molecule has 0 aliphatic carbocycles. The number of benzene rings is 3. The van der Waals surface area contributed by atoms with Crippen molar-refractivity contribution < 1.29 is 19.1 Å². The zero-order valence-electron chi connectivity index (χ0n) is 18.9. The number of imide groups is 1. The molecule has 0 radical (unpaired) electrons. The number of nitrogens with zero attached hydrogens (tertiary/aromatic N) is 1. The molecule has 1 saturated heterocycles. The summed E-state index contributed by atoms with van der Waals surface area (Å²) in [6, 6.07) is 15.5. The molecule has 0 bridgehead atoms. The molecule has 3 aromatic rings. The van der Waals surface area contributed by atoms with Crippen LogP contribution in [-0.4, -0.2) is 22.7 Å². The summed E-state index contributed by atoms with van der Waals surface area (Å²) in [5, 5.41) is 1.46. The number of carbonyl (C=O) groups excluding carboxylic acids is 2. The lowest BCUT2D eigenvalue weighted by atomic mass is 10.1. The number of hydrogen-bond donors (Lipinski definition) is 0. The van der Waals surface area contributed by atoms with Crippen molar-refractivity contribution in [1.29, 1.82) is 0 Å². The monoisotopic (exact) mass is 581 g/mol. The molecular weight excluding hydrogens is 564 g/mol. The van der Waals surface area contributed by atoms with E-state index in [1.807, 2.05) is 6.92 Å². The number of halogens is 4. The van der Waals surface area contributed by atoms with Gasteiger partial charge < -0.3 is 9.47 Å². The lowest BCUT2D eigenvalue weighted by Crippen LogP contribution is -2.27. The van der Waals surface area contributed by atoms with E-state index in [1.54, 1.807) is 60.7 Å². The van der Waals surface area contributed by atoms with Crippen LogP contribution in [0.5, 0.6) is 11.5 Å². The maximum Gasteiger partial charge on any atom is 0.293 e. The Morgan fingerprint density at radius 2 is 1.67 bits per heavy atom. The minimum absolute atomic E-state index is 0.100. The van der Waals surface area contributed by atoms with E-state index >= 15 is 0 Å². The van der Waals surface area contributed by atoms with E-state index < -0.39 is 0 Å². The van der Waals surface area contributed by atoms with Gasteiger partial charge in [-0.25, -0.2) is 0 Å². The van der Waals surface area contributed by atoms with Gasteiger partial charge in [-0.05, 0) is 72.3 Å². The minimum atomic E-state index is -0.383. The molecule has 0 unspecified atom stereocenters. The third kappa shape index (κ3) is 6.31. The topological polar surface area (TPSA) is 55.8 Å². The number of ether oxygens (including phenoxy) is 2. The fourth-order valence-corrected chi connectivity index (χ4v) is 5.03. The molecule has 0 atom stereocenters. The fraction of sp³-hybridized carbons (Fsp3) is 0.154. The fourth-order valence-electron chi connectivity index (χ4n) is 3.40. The van der Waals surface area contributed by atoms with Crippen LogP contribution in [0, 0.1) is 0 Å². The van der Waals surface area contributed by atoms with Gasteiger partial charge in [0.2, 0.25) is 0 Å². The summed E-state index contributed by atoms with van der Waals surface area (Å²) in [6.07, 6.45) is 1.65. The Hall–Kier alpha value is -2.35. The van der Waals surface area contributed by atoms with Crippen LogP contribution in [0.4, 0.5) is 4.79 Å². The average Bonchev–Trinajstić information content (AvgIpc) is 3.09. The summed E-state index contributed by atoms with van der Waals surface area (Å²) >= 11 is 25.1. The van der Waals surface area contributed by atoms with Gasteiger partial charge in [0, 0.05) is 15.6 Å². The summed E-state index contributed by atoms with van der Waals surface area (Å²) in [4.78, 5) is 27.0. The SMILES string of the molecule is CCOc1cc(/C=C2/SC(=O)N(Cc3ccc(Cl)c(Cl)c3)C2=O)ccc1OCc1ccc(Cl)cc1Cl. The predicted octanol–water partition coefficient (Wildman–Crippen LogP) is 8.51. The standard InChI is InChI=1S/C26H19Cl4NO4S/c1-2-34-23-10-15(4-8-22(23)35-14-17-5-6-18(27)12-20(17)29)11-24-25(32)31(26(33)36-24)13-16-3-7-19(28)21(30)9-16/h3-12H,2,13-14H2,1H3/b24-11+. The highest BCUT2D eigenvalue weighted by Crippen LogP contribution is 2.36. The molecule has 0 spiro atoms. The van der Waals surface area contributed by atoms with Crippen LogP contribution in [0.25, 0.3) is 6.08 Å². The molecule has 1 aliphatic rings. The molecule has 0 saturated carbocycles. The van der Waals surface area contributed by atoms with Gasteiger partial charge in [0.25, 0.3) is 11.1 Å². The van der Waals surface area contributed by atoms with Crippen molar-refractivity contribution in [3.8, 4) is 11.5 Å². The van der Waals surface area contributed by atoms with Crippen LogP contribution < -0.4 is 9.47 Å². The summed E-state index contributed by atoms with van der Waals surface area (Å²) in [5.41, 5.74) is 2.17. The Balaban J connectivity index is 1.51. The van der Waals surface area contributed by atoms with Crippen molar-refractivity contribution in [2.75, 3.05) is 6.61 Å². The molecule has 186 valence electrons. The van der Waals surface area contributed by atoms with Crippen LogP contribution >= 0.6 is 58.2 Å². The second kappa shape index (κ2) is 11.8. The number of hydrogen-bond acceptors (Lipinski definition) is 5. The van der Waals surface area contributed by atoms with Gasteiger partial charge in [-0.1, -0.05) is 64.6 Å². The Kier molecular flexibility index (Phi) is 8.75. The van der Waals surface area contributed by atoms with E-state index in [9.17, 15) is 9.59 Å². The van der Waals surface area contributed by atoms with Gasteiger partial charge in [0.05, 0.1) is 28.1 Å². The van der Waals surface area contributed by atoms with Gasteiger partial charge in [-0.15, -0.1) is 0 Å². The van der Waals surface area contributed by atoms with E-state index in [4.69, 9.17) is 55.9 Å². The van der Waals surface area contributed by atoms with E-state index in [2.05, 4.69) is 0 Å². The van der Waals surface area contributed by atoms with Crippen molar-refractivity contribution in [1.82, 2.24) is 4.90 Å². The smallest absolute Gasteiger partial charge is 0.293 e. The first-order valence-electron chi connectivity index (χ1n) is 10.8. The number of thioether (sulfide) groups is 1. The van der Waals surface area contributed by atoms with Crippen molar-refractivity contribution in [2.45, 2.75) is 20.1 Å². The summed E-state index contributed by atoms with van der Waals surface area (Å²) in [6.45, 7) is 2.61. The first kappa shape index (κ1) is 26.7. The largest absolute Gasteiger partial charge is 0.490 e. The molecule has 5 nitrogen and oxygen atoms in total. The Labute approximate surface area is 232 Å². The summed E-state index contributed by atoms with van der Waals surface area (Å²) in [5.74, 6) is 0.644. The van der Waals surface area contributed by atoms with E-state index in [0.717, 1.165) is 17.3 Å². The Morgan fingerprint density at radius 1 is 0.861 bits per heavy atom. The highest BCUT2D eigenvalue weighted by atomic mass is 35.5. The quantitative estimate of drug-likeness (QED) is 0.249. The maximum absolute atomic E-state index is 12.9. The molecule has 10 heteroatoms. The molecule has 3 aromatic carbocycles. The molecule has 2 amide bonds. The maximum atomic E-state index is 12.9. The van der Waals surface area contributed by atoms with Crippen LogP contribution in [0.2, 0.25) is 20.1 Å². The number of carbonyl (C=O) groups is 2. The minimum Gasteiger partial charge on any atom is -0.490 e. The van der Waals surface area contributed by atoms with Gasteiger partial charge >= 0.3 is 0 Å². The van der Waals surface area contributed by atoms with E-state index in [-0.39, 0.29) is 24.3 Å².